The maximum absolute atomic E-state index is 10.2. The van der Waals surface area contributed by atoms with Crippen molar-refractivity contribution in [2.75, 3.05) is 0 Å². The minimum Gasteiger partial charge on any atom is -0.510 e. The van der Waals surface area contributed by atoms with Crippen LogP contribution in [0.3, 0.4) is 0 Å². The molecule has 0 aliphatic rings. The first-order valence-electron chi connectivity index (χ1n) is 6.02. The van der Waals surface area contributed by atoms with Gasteiger partial charge in [0.05, 0.1) is 0 Å². The van der Waals surface area contributed by atoms with Crippen molar-refractivity contribution in [2.24, 2.45) is 5.41 Å². The van der Waals surface area contributed by atoms with E-state index < -0.39 is 28.5 Å². The molecule has 0 atom stereocenters. The second-order valence-electron chi connectivity index (χ2n) is 3.90. The molecule has 21 heavy (non-hydrogen) atoms. The number of aliphatic hydroxyl groups is 4. The molecule has 0 aromatic rings. The Bertz CT molecular complexity index is 444. The van der Waals surface area contributed by atoms with Crippen LogP contribution < -0.4 is 0 Å². The van der Waals surface area contributed by atoms with Crippen molar-refractivity contribution in [3.05, 3.63) is 98.0 Å². The number of hydrogen-bond acceptors (Lipinski definition) is 4. The van der Waals surface area contributed by atoms with E-state index in [0.717, 1.165) is 24.3 Å². The monoisotopic (exact) mass is 288 g/mol. The van der Waals surface area contributed by atoms with Crippen molar-refractivity contribution in [2.45, 2.75) is 0 Å². The van der Waals surface area contributed by atoms with E-state index in [9.17, 15) is 20.4 Å². The Morgan fingerprint density at radius 1 is 0.524 bits per heavy atom. The summed E-state index contributed by atoms with van der Waals surface area (Å²) in [6.07, 6.45) is 9.50. The highest BCUT2D eigenvalue weighted by molar-refractivity contribution is 5.45. The average molecular weight is 288 g/mol. The molecule has 4 nitrogen and oxygen atoms in total. The van der Waals surface area contributed by atoms with Gasteiger partial charge < -0.3 is 20.4 Å². The largest absolute Gasteiger partial charge is 0.510 e. The molecule has 4 N–H and O–H groups in total. The molecule has 0 heterocycles. The molecule has 0 unspecified atom stereocenters. The van der Waals surface area contributed by atoms with Gasteiger partial charge >= 0.3 is 0 Å². The predicted molar refractivity (Wildman–Crippen MR) is 86.1 cm³/mol. The maximum Gasteiger partial charge on any atom is 0.197 e. The van der Waals surface area contributed by atoms with Gasteiger partial charge in [-0.05, 0) is 24.3 Å². The van der Waals surface area contributed by atoms with Gasteiger partial charge in [-0.25, -0.2) is 0 Å². The molecule has 0 saturated carbocycles. The van der Waals surface area contributed by atoms with E-state index in [2.05, 4.69) is 26.3 Å². The first-order valence-corrected chi connectivity index (χ1v) is 6.02. The highest BCUT2D eigenvalue weighted by Crippen LogP contribution is 2.45. The Morgan fingerprint density at radius 2 is 0.714 bits per heavy atom. The second kappa shape index (κ2) is 8.32. The van der Waals surface area contributed by atoms with E-state index >= 15 is 0 Å². The molecule has 4 heteroatoms. The summed E-state index contributed by atoms with van der Waals surface area (Å²) in [4.78, 5) is 0. The van der Waals surface area contributed by atoms with Crippen LogP contribution in [0.1, 0.15) is 0 Å². The van der Waals surface area contributed by atoms with Crippen molar-refractivity contribution in [3.63, 3.8) is 0 Å². The van der Waals surface area contributed by atoms with Gasteiger partial charge in [-0.2, -0.15) is 0 Å². The van der Waals surface area contributed by atoms with E-state index in [-0.39, 0.29) is 0 Å². The zero-order valence-corrected chi connectivity index (χ0v) is 11.7. The summed E-state index contributed by atoms with van der Waals surface area (Å²) in [6, 6.07) is 0. The minimum absolute atomic E-state index is 0.542. The lowest BCUT2D eigenvalue weighted by Gasteiger charge is -2.31. The summed E-state index contributed by atoms with van der Waals surface area (Å²) in [7, 11) is 0. The van der Waals surface area contributed by atoms with Gasteiger partial charge in [0.25, 0.3) is 0 Å². The summed E-state index contributed by atoms with van der Waals surface area (Å²) in [6.45, 7) is 13.7. The normalized spacial score (nSPS) is 16.8. The fraction of sp³-hybridized carbons (Fsp3) is 0.0588. The standard InChI is InChI=1S/C17H20O4/c1-5-9-13(18)17(14(19)10-6-2,15(20)11-7-3)16(21)12-8-4/h5-12,18-21H,1-4H2. The van der Waals surface area contributed by atoms with Crippen LogP contribution in [0.2, 0.25) is 0 Å². The van der Waals surface area contributed by atoms with Crippen molar-refractivity contribution in [1.29, 1.82) is 0 Å². The third kappa shape index (κ3) is 3.57. The molecule has 0 saturated heterocycles. The summed E-state index contributed by atoms with van der Waals surface area (Å²) in [5, 5.41) is 40.9. The zero-order valence-electron chi connectivity index (χ0n) is 11.7. The van der Waals surface area contributed by atoms with Gasteiger partial charge in [-0.1, -0.05) is 50.6 Å². The van der Waals surface area contributed by atoms with Gasteiger partial charge in [0.1, 0.15) is 23.0 Å². The third-order valence-electron chi connectivity index (χ3n) is 2.64. The molecule has 112 valence electrons. The molecule has 0 aliphatic heterocycles. The van der Waals surface area contributed by atoms with Gasteiger partial charge in [-0.15, -0.1) is 0 Å². The van der Waals surface area contributed by atoms with Gasteiger partial charge in [0.2, 0.25) is 0 Å². The Balaban J connectivity index is 6.78. The van der Waals surface area contributed by atoms with Crippen LogP contribution in [0, 0.1) is 5.41 Å². The van der Waals surface area contributed by atoms with Crippen LogP contribution in [-0.2, 0) is 0 Å². The van der Waals surface area contributed by atoms with Gasteiger partial charge in [0.15, 0.2) is 5.41 Å². The minimum atomic E-state index is -2.08. The van der Waals surface area contributed by atoms with Gasteiger partial charge in [-0.3, -0.25) is 0 Å². The highest BCUT2D eigenvalue weighted by atomic mass is 16.3. The lowest BCUT2D eigenvalue weighted by atomic mass is 9.78. The van der Waals surface area contributed by atoms with Crippen LogP contribution in [0.15, 0.2) is 98.0 Å². The molecule has 0 bridgehead atoms. The van der Waals surface area contributed by atoms with Crippen LogP contribution in [0.4, 0.5) is 0 Å². The van der Waals surface area contributed by atoms with E-state index in [1.807, 2.05) is 0 Å². The third-order valence-corrected chi connectivity index (χ3v) is 2.64. The average Bonchev–Trinajstić information content (AvgIpc) is 2.40. The first-order chi connectivity index (χ1) is 9.93. The Labute approximate surface area is 124 Å². The van der Waals surface area contributed by atoms with Crippen molar-refractivity contribution < 1.29 is 20.4 Å². The molecule has 0 aromatic carbocycles. The molecule has 0 amide bonds. The summed E-state index contributed by atoms with van der Waals surface area (Å²) >= 11 is 0. The summed E-state index contributed by atoms with van der Waals surface area (Å²) < 4.78 is 0. The SMILES string of the molecule is C=CC=C(O)C(C(O)=CC=C)(C(O)=CC=C)C(O)=CC=C. The molecule has 0 aliphatic carbocycles. The summed E-state index contributed by atoms with van der Waals surface area (Å²) in [5.74, 6) is -2.17. The fourth-order valence-corrected chi connectivity index (χ4v) is 1.73. The van der Waals surface area contributed by atoms with E-state index in [1.165, 1.54) is 24.3 Å². The van der Waals surface area contributed by atoms with Gasteiger partial charge in [0, 0.05) is 0 Å². The Kier molecular flexibility index (Phi) is 7.18. The zero-order chi connectivity index (χ0) is 16.5. The molecular weight excluding hydrogens is 268 g/mol. The molecular formula is C17H20O4. The molecule has 0 radical (unpaired) electrons. The molecule has 0 spiro atoms. The number of allylic oxidation sites excluding steroid dienone is 8. The van der Waals surface area contributed by atoms with Crippen molar-refractivity contribution in [1.82, 2.24) is 0 Å². The maximum atomic E-state index is 10.2. The quantitative estimate of drug-likeness (QED) is 0.392. The molecule has 0 aromatic heterocycles. The van der Waals surface area contributed by atoms with Crippen molar-refractivity contribution >= 4 is 0 Å². The first kappa shape index (κ1) is 18.1. The number of aliphatic hydroxyl groups excluding tert-OH is 4. The number of hydrogen-bond donors (Lipinski definition) is 4. The Hall–Kier alpha value is -2.88. The lowest BCUT2D eigenvalue weighted by Crippen LogP contribution is -2.31. The highest BCUT2D eigenvalue weighted by Gasteiger charge is 2.47. The Morgan fingerprint density at radius 3 is 0.857 bits per heavy atom. The molecule has 0 rings (SSSR count). The van der Waals surface area contributed by atoms with Crippen LogP contribution in [0.25, 0.3) is 0 Å². The number of rotatable bonds is 8. The van der Waals surface area contributed by atoms with E-state index in [1.54, 1.807) is 0 Å². The topological polar surface area (TPSA) is 80.9 Å². The lowest BCUT2D eigenvalue weighted by molar-refractivity contribution is 0.143. The fourth-order valence-electron chi connectivity index (χ4n) is 1.73. The smallest absolute Gasteiger partial charge is 0.197 e. The molecule has 0 fully saturated rings. The summed E-state index contributed by atoms with van der Waals surface area (Å²) in [5.41, 5.74) is -2.08. The van der Waals surface area contributed by atoms with Crippen LogP contribution in [-0.4, -0.2) is 20.4 Å². The van der Waals surface area contributed by atoms with Crippen LogP contribution in [0.5, 0.6) is 0 Å². The van der Waals surface area contributed by atoms with E-state index in [4.69, 9.17) is 0 Å². The predicted octanol–water partition coefficient (Wildman–Crippen LogP) is 4.48. The van der Waals surface area contributed by atoms with Crippen LogP contribution >= 0.6 is 0 Å². The second-order valence-corrected chi connectivity index (χ2v) is 3.90. The van der Waals surface area contributed by atoms with E-state index in [0.29, 0.717) is 0 Å². The van der Waals surface area contributed by atoms with Crippen molar-refractivity contribution in [3.8, 4) is 0 Å².